The molecule has 2 rings (SSSR count). The van der Waals surface area contributed by atoms with E-state index in [2.05, 4.69) is 5.43 Å². The predicted octanol–water partition coefficient (Wildman–Crippen LogP) is 2.47. The smallest absolute Gasteiger partial charge is 0.335 e. The van der Waals surface area contributed by atoms with Crippen molar-refractivity contribution >= 4 is 11.4 Å². The number of nitrogens with two attached hydrogens (primary N) is 1. The molecular formula is C14H15N3O4. The Morgan fingerprint density at radius 3 is 2.52 bits per heavy atom. The molecule has 0 aliphatic heterocycles. The normalized spacial score (nSPS) is 10.0. The van der Waals surface area contributed by atoms with Crippen molar-refractivity contribution in [2.75, 3.05) is 12.5 Å². The summed E-state index contributed by atoms with van der Waals surface area (Å²) in [5.74, 6) is 6.17. The fraction of sp³-hybridized carbons (Fsp3) is 0.143. The molecule has 2 aromatic carbocycles. The molecule has 3 N–H and O–H groups in total. The third-order valence-electron chi connectivity index (χ3n) is 2.89. The molecule has 0 radical (unpaired) electrons. The van der Waals surface area contributed by atoms with Crippen LogP contribution in [0.15, 0.2) is 42.5 Å². The Balaban J connectivity index is 2.17. The highest BCUT2D eigenvalue weighted by atomic mass is 16.6. The van der Waals surface area contributed by atoms with Gasteiger partial charge in [-0.3, -0.25) is 16.0 Å². The summed E-state index contributed by atoms with van der Waals surface area (Å²) in [6.07, 6.45) is 0. The highest BCUT2D eigenvalue weighted by molar-refractivity contribution is 5.67. The number of hydrazine groups is 1. The Labute approximate surface area is 121 Å². The molecule has 0 atom stereocenters. The number of benzene rings is 2. The summed E-state index contributed by atoms with van der Waals surface area (Å²) in [6.45, 7) is 0.207. The lowest BCUT2D eigenvalue weighted by Gasteiger charge is -2.09. The molecule has 0 fully saturated rings. The van der Waals surface area contributed by atoms with Gasteiger partial charge in [0.15, 0.2) is 5.75 Å². The Morgan fingerprint density at radius 2 is 1.95 bits per heavy atom. The fourth-order valence-corrected chi connectivity index (χ4v) is 1.83. The first-order chi connectivity index (χ1) is 10.2. The molecule has 0 saturated carbocycles. The average Bonchev–Trinajstić information content (AvgIpc) is 2.52. The van der Waals surface area contributed by atoms with E-state index in [0.29, 0.717) is 0 Å². The Bertz CT molecular complexity index is 629. The standard InChI is InChI=1S/C14H15N3O4/c1-20-11-7-5-10(6-8-11)9-21-13-4-2-3-12(16-15)14(13)17(18)19/h2-8,16H,9,15H2,1H3. The summed E-state index contributed by atoms with van der Waals surface area (Å²) in [7, 11) is 1.58. The van der Waals surface area contributed by atoms with Crippen molar-refractivity contribution in [2.24, 2.45) is 5.84 Å². The van der Waals surface area contributed by atoms with E-state index < -0.39 is 4.92 Å². The van der Waals surface area contributed by atoms with Crippen LogP contribution < -0.4 is 20.7 Å². The van der Waals surface area contributed by atoms with Gasteiger partial charge >= 0.3 is 5.69 Å². The van der Waals surface area contributed by atoms with Crippen LogP contribution in [0.25, 0.3) is 0 Å². The maximum absolute atomic E-state index is 11.1. The van der Waals surface area contributed by atoms with Crippen molar-refractivity contribution in [3.63, 3.8) is 0 Å². The molecule has 0 aromatic heterocycles. The van der Waals surface area contributed by atoms with E-state index >= 15 is 0 Å². The van der Waals surface area contributed by atoms with E-state index in [0.717, 1.165) is 11.3 Å². The van der Waals surface area contributed by atoms with Crippen molar-refractivity contribution in [2.45, 2.75) is 6.61 Å². The van der Waals surface area contributed by atoms with Gasteiger partial charge in [-0.05, 0) is 29.8 Å². The number of ether oxygens (including phenoxy) is 2. The summed E-state index contributed by atoms with van der Waals surface area (Å²) >= 11 is 0. The minimum absolute atomic E-state index is 0.159. The van der Waals surface area contributed by atoms with E-state index in [4.69, 9.17) is 15.3 Å². The van der Waals surface area contributed by atoms with Gasteiger partial charge in [-0.15, -0.1) is 0 Å². The molecule has 0 unspecified atom stereocenters. The molecule has 0 aliphatic rings. The Hall–Kier alpha value is -2.80. The van der Waals surface area contributed by atoms with E-state index in [9.17, 15) is 10.1 Å². The monoisotopic (exact) mass is 289 g/mol. The lowest BCUT2D eigenvalue weighted by Crippen LogP contribution is -2.10. The predicted molar refractivity (Wildman–Crippen MR) is 78.2 cm³/mol. The minimum atomic E-state index is -0.529. The van der Waals surface area contributed by atoms with Crippen LogP contribution in [0.2, 0.25) is 0 Å². The van der Waals surface area contributed by atoms with Crippen LogP contribution in [-0.2, 0) is 6.61 Å². The minimum Gasteiger partial charge on any atom is -0.497 e. The number of hydrogen-bond donors (Lipinski definition) is 2. The zero-order valence-electron chi connectivity index (χ0n) is 11.4. The first-order valence-electron chi connectivity index (χ1n) is 6.15. The number of anilines is 1. The highest BCUT2D eigenvalue weighted by Crippen LogP contribution is 2.34. The summed E-state index contributed by atoms with van der Waals surface area (Å²) in [5, 5.41) is 11.1. The molecule has 7 nitrogen and oxygen atoms in total. The molecule has 2 aromatic rings. The van der Waals surface area contributed by atoms with Crippen LogP contribution in [0.5, 0.6) is 11.5 Å². The lowest BCUT2D eigenvalue weighted by molar-refractivity contribution is -0.385. The van der Waals surface area contributed by atoms with Gasteiger partial charge in [0.2, 0.25) is 0 Å². The van der Waals surface area contributed by atoms with Crippen molar-refractivity contribution < 1.29 is 14.4 Å². The van der Waals surface area contributed by atoms with Crippen LogP contribution in [0.4, 0.5) is 11.4 Å². The fourth-order valence-electron chi connectivity index (χ4n) is 1.83. The number of hydrogen-bond acceptors (Lipinski definition) is 6. The van der Waals surface area contributed by atoms with Gasteiger partial charge in [-0.1, -0.05) is 18.2 Å². The maximum Gasteiger partial charge on any atom is 0.335 e. The number of nitrogens with one attached hydrogen (secondary N) is 1. The molecule has 110 valence electrons. The molecule has 21 heavy (non-hydrogen) atoms. The second kappa shape index (κ2) is 6.58. The van der Waals surface area contributed by atoms with E-state index in [1.54, 1.807) is 25.3 Å². The number of rotatable bonds is 6. The lowest BCUT2D eigenvalue weighted by atomic mass is 10.2. The summed E-state index contributed by atoms with van der Waals surface area (Å²) in [5.41, 5.74) is 3.18. The van der Waals surface area contributed by atoms with E-state index in [1.807, 2.05) is 12.1 Å². The molecule has 0 saturated heterocycles. The van der Waals surface area contributed by atoms with Crippen LogP contribution >= 0.6 is 0 Å². The maximum atomic E-state index is 11.1. The molecule has 0 bridgehead atoms. The Kier molecular flexibility index (Phi) is 4.57. The van der Waals surface area contributed by atoms with E-state index in [-0.39, 0.29) is 23.7 Å². The van der Waals surface area contributed by atoms with Crippen LogP contribution in [0.1, 0.15) is 5.56 Å². The van der Waals surface area contributed by atoms with Gasteiger partial charge in [-0.25, -0.2) is 0 Å². The van der Waals surface area contributed by atoms with Gasteiger partial charge in [0.1, 0.15) is 18.0 Å². The van der Waals surface area contributed by atoms with Crippen molar-refractivity contribution in [3.8, 4) is 11.5 Å². The number of nitro groups is 1. The largest absolute Gasteiger partial charge is 0.497 e. The first-order valence-corrected chi connectivity index (χ1v) is 6.15. The highest BCUT2D eigenvalue weighted by Gasteiger charge is 2.20. The number of methoxy groups -OCH3 is 1. The zero-order chi connectivity index (χ0) is 15.2. The second-order valence-electron chi connectivity index (χ2n) is 4.19. The van der Waals surface area contributed by atoms with Gasteiger partial charge < -0.3 is 14.9 Å². The Morgan fingerprint density at radius 1 is 1.24 bits per heavy atom. The third-order valence-corrected chi connectivity index (χ3v) is 2.89. The molecule has 0 spiro atoms. The number of nitrogen functional groups attached to an aromatic ring is 1. The van der Waals surface area contributed by atoms with Crippen LogP contribution in [0.3, 0.4) is 0 Å². The number of para-hydroxylation sites is 1. The first kappa shape index (κ1) is 14.6. The average molecular weight is 289 g/mol. The third kappa shape index (κ3) is 3.40. The summed E-state index contributed by atoms with van der Waals surface area (Å²) in [4.78, 5) is 10.6. The van der Waals surface area contributed by atoms with Gasteiger partial charge in [0.25, 0.3) is 0 Å². The van der Waals surface area contributed by atoms with E-state index in [1.165, 1.54) is 12.1 Å². The van der Waals surface area contributed by atoms with Crippen LogP contribution in [0, 0.1) is 10.1 Å². The number of nitro benzene ring substituents is 1. The zero-order valence-corrected chi connectivity index (χ0v) is 11.4. The van der Waals surface area contributed by atoms with Gasteiger partial charge in [0.05, 0.1) is 12.0 Å². The van der Waals surface area contributed by atoms with Crippen molar-refractivity contribution in [1.29, 1.82) is 0 Å². The topological polar surface area (TPSA) is 99.7 Å². The van der Waals surface area contributed by atoms with Crippen LogP contribution in [-0.4, -0.2) is 12.0 Å². The SMILES string of the molecule is COc1ccc(COc2cccc(NN)c2[N+](=O)[O-])cc1. The summed E-state index contributed by atoms with van der Waals surface area (Å²) in [6, 6.07) is 11.9. The van der Waals surface area contributed by atoms with Crippen molar-refractivity contribution in [1.82, 2.24) is 0 Å². The molecular weight excluding hydrogens is 274 g/mol. The van der Waals surface area contributed by atoms with Gasteiger partial charge in [-0.2, -0.15) is 0 Å². The second-order valence-corrected chi connectivity index (χ2v) is 4.19. The molecule has 0 amide bonds. The molecule has 0 aliphatic carbocycles. The molecule has 0 heterocycles. The molecule has 7 heteroatoms. The quantitative estimate of drug-likeness (QED) is 0.481. The van der Waals surface area contributed by atoms with Crippen molar-refractivity contribution in [3.05, 3.63) is 58.1 Å². The summed E-state index contributed by atoms with van der Waals surface area (Å²) < 4.78 is 10.6. The van der Waals surface area contributed by atoms with Gasteiger partial charge in [0, 0.05) is 0 Å². The number of nitrogens with zero attached hydrogens (tertiary/aromatic N) is 1.